The van der Waals surface area contributed by atoms with E-state index in [1.807, 2.05) is 0 Å². The molecule has 1 unspecified atom stereocenters. The number of aliphatic carboxylic acids is 1. The molecule has 0 aliphatic heterocycles. The van der Waals surface area contributed by atoms with E-state index in [1.165, 1.54) is 13.0 Å². The number of hydrogen-bond acceptors (Lipinski definition) is 3. The monoisotopic (exact) mass is 223 g/mol. The van der Waals surface area contributed by atoms with Crippen molar-refractivity contribution < 1.29 is 19.8 Å². The summed E-state index contributed by atoms with van der Waals surface area (Å²) >= 11 is 0. The first-order valence-corrected chi connectivity index (χ1v) is 4.75. The predicted molar refractivity (Wildman–Crippen MR) is 58.3 cm³/mol. The minimum atomic E-state index is -1.19. The first kappa shape index (κ1) is 12.0. The molecule has 0 bridgehead atoms. The Bertz CT molecular complexity index is 428. The molecule has 0 aliphatic carbocycles. The summed E-state index contributed by atoms with van der Waals surface area (Å²) < 4.78 is 0. The van der Waals surface area contributed by atoms with E-state index >= 15 is 0 Å². The summed E-state index contributed by atoms with van der Waals surface area (Å²) in [5.74, 6) is -2.87. The van der Waals surface area contributed by atoms with Gasteiger partial charge in [0.15, 0.2) is 0 Å². The molecule has 0 saturated carbocycles. The first-order chi connectivity index (χ1) is 7.41. The van der Waals surface area contributed by atoms with E-state index in [9.17, 15) is 14.7 Å². The summed E-state index contributed by atoms with van der Waals surface area (Å²) in [6, 6.07) is 4.61. The van der Waals surface area contributed by atoms with E-state index < -0.39 is 17.8 Å². The lowest BCUT2D eigenvalue weighted by Crippen LogP contribution is -2.26. The standard InChI is InChI=1S/C11H13NO4/c1-6-3-4-8(5-9(6)13)12-10(14)7(2)11(15)16/h3-5,7,13H,1-2H3,(H,12,14)(H,15,16). The van der Waals surface area contributed by atoms with Crippen LogP contribution in [0.25, 0.3) is 0 Å². The molecular weight excluding hydrogens is 210 g/mol. The Balaban J connectivity index is 2.77. The van der Waals surface area contributed by atoms with Crippen molar-refractivity contribution in [2.24, 2.45) is 5.92 Å². The van der Waals surface area contributed by atoms with Gasteiger partial charge in [-0.3, -0.25) is 9.59 Å². The van der Waals surface area contributed by atoms with Crippen LogP contribution in [0.4, 0.5) is 5.69 Å². The zero-order chi connectivity index (χ0) is 12.3. The number of benzene rings is 1. The summed E-state index contributed by atoms with van der Waals surface area (Å²) in [6.45, 7) is 3.02. The number of phenolic OH excluding ortho intramolecular Hbond substituents is 1. The summed E-state index contributed by atoms with van der Waals surface area (Å²) in [5.41, 5.74) is 1.06. The van der Waals surface area contributed by atoms with Crippen LogP contribution >= 0.6 is 0 Å². The number of rotatable bonds is 3. The van der Waals surface area contributed by atoms with E-state index in [4.69, 9.17) is 5.11 Å². The van der Waals surface area contributed by atoms with E-state index in [0.29, 0.717) is 11.3 Å². The molecule has 1 rings (SSSR count). The molecule has 0 fully saturated rings. The largest absolute Gasteiger partial charge is 0.508 e. The van der Waals surface area contributed by atoms with Crippen LogP contribution in [0.5, 0.6) is 5.75 Å². The molecule has 1 aromatic rings. The molecule has 0 spiro atoms. The fraction of sp³-hybridized carbons (Fsp3) is 0.273. The number of nitrogens with one attached hydrogen (secondary N) is 1. The van der Waals surface area contributed by atoms with Gasteiger partial charge in [-0.25, -0.2) is 0 Å². The van der Waals surface area contributed by atoms with Crippen LogP contribution in [0.15, 0.2) is 18.2 Å². The highest BCUT2D eigenvalue weighted by Gasteiger charge is 2.20. The Morgan fingerprint density at radius 3 is 2.50 bits per heavy atom. The predicted octanol–water partition coefficient (Wildman–Crippen LogP) is 1.36. The van der Waals surface area contributed by atoms with E-state index in [0.717, 1.165) is 0 Å². The molecule has 86 valence electrons. The molecule has 3 N–H and O–H groups in total. The normalized spacial score (nSPS) is 11.9. The Hall–Kier alpha value is -2.04. The Morgan fingerprint density at radius 2 is 2.00 bits per heavy atom. The zero-order valence-electron chi connectivity index (χ0n) is 9.02. The summed E-state index contributed by atoms with van der Waals surface area (Å²) in [6.07, 6.45) is 0. The summed E-state index contributed by atoms with van der Waals surface area (Å²) in [7, 11) is 0. The van der Waals surface area contributed by atoms with E-state index in [-0.39, 0.29) is 5.75 Å². The Kier molecular flexibility index (Phi) is 3.50. The van der Waals surface area contributed by atoms with Crippen molar-refractivity contribution in [3.05, 3.63) is 23.8 Å². The molecule has 0 radical (unpaired) electrons. The maximum atomic E-state index is 11.4. The van der Waals surface area contributed by atoms with Gasteiger partial charge in [0.25, 0.3) is 0 Å². The maximum Gasteiger partial charge on any atom is 0.315 e. The molecule has 5 heteroatoms. The Labute approximate surface area is 92.7 Å². The molecule has 1 atom stereocenters. The average molecular weight is 223 g/mol. The highest BCUT2D eigenvalue weighted by Crippen LogP contribution is 2.21. The molecule has 1 aromatic carbocycles. The Morgan fingerprint density at radius 1 is 1.38 bits per heavy atom. The molecule has 0 aliphatic rings. The van der Waals surface area contributed by atoms with Crippen LogP contribution in [0, 0.1) is 12.8 Å². The number of carbonyl (C=O) groups is 2. The van der Waals surface area contributed by atoms with E-state index in [1.54, 1.807) is 19.1 Å². The van der Waals surface area contributed by atoms with Gasteiger partial charge < -0.3 is 15.5 Å². The van der Waals surface area contributed by atoms with Gasteiger partial charge in [-0.15, -0.1) is 0 Å². The fourth-order valence-electron chi connectivity index (χ4n) is 1.05. The maximum absolute atomic E-state index is 11.4. The molecule has 16 heavy (non-hydrogen) atoms. The minimum absolute atomic E-state index is 0.0563. The van der Waals surface area contributed by atoms with Gasteiger partial charge in [-0.1, -0.05) is 6.07 Å². The van der Waals surface area contributed by atoms with Gasteiger partial charge in [-0.2, -0.15) is 0 Å². The first-order valence-electron chi connectivity index (χ1n) is 4.75. The zero-order valence-corrected chi connectivity index (χ0v) is 9.02. The molecule has 5 nitrogen and oxygen atoms in total. The summed E-state index contributed by atoms with van der Waals surface area (Å²) in [4.78, 5) is 21.9. The third-order valence-electron chi connectivity index (χ3n) is 2.24. The number of carboxylic acid groups (broad SMARTS) is 1. The molecule has 0 saturated heterocycles. The van der Waals surface area contributed by atoms with Gasteiger partial charge >= 0.3 is 5.97 Å². The lowest BCUT2D eigenvalue weighted by Gasteiger charge is -2.09. The van der Waals surface area contributed by atoms with Crippen molar-refractivity contribution in [3.8, 4) is 5.75 Å². The third kappa shape index (κ3) is 2.73. The smallest absolute Gasteiger partial charge is 0.315 e. The number of hydrogen-bond donors (Lipinski definition) is 3. The van der Waals surface area contributed by atoms with Crippen LogP contribution in [-0.2, 0) is 9.59 Å². The van der Waals surface area contributed by atoms with E-state index in [2.05, 4.69) is 5.32 Å². The van der Waals surface area contributed by atoms with Gasteiger partial charge in [0.05, 0.1) is 0 Å². The third-order valence-corrected chi connectivity index (χ3v) is 2.24. The van der Waals surface area contributed by atoms with Gasteiger partial charge in [0.1, 0.15) is 11.7 Å². The van der Waals surface area contributed by atoms with Crippen LogP contribution in [0.2, 0.25) is 0 Å². The number of amides is 1. The van der Waals surface area contributed by atoms with Crippen molar-refractivity contribution in [2.45, 2.75) is 13.8 Å². The SMILES string of the molecule is Cc1ccc(NC(=O)C(C)C(=O)O)cc1O. The van der Waals surface area contributed by atoms with Crippen molar-refractivity contribution in [1.82, 2.24) is 0 Å². The van der Waals surface area contributed by atoms with Crippen LogP contribution < -0.4 is 5.32 Å². The van der Waals surface area contributed by atoms with Crippen molar-refractivity contribution in [3.63, 3.8) is 0 Å². The molecule has 0 heterocycles. The van der Waals surface area contributed by atoms with Gasteiger partial charge in [0.2, 0.25) is 5.91 Å². The number of aromatic hydroxyl groups is 1. The fourth-order valence-corrected chi connectivity index (χ4v) is 1.05. The quantitative estimate of drug-likeness (QED) is 0.675. The molecular formula is C11H13NO4. The van der Waals surface area contributed by atoms with Crippen molar-refractivity contribution in [1.29, 1.82) is 0 Å². The second-order valence-corrected chi connectivity index (χ2v) is 3.55. The minimum Gasteiger partial charge on any atom is -0.508 e. The van der Waals surface area contributed by atoms with Gasteiger partial charge in [0, 0.05) is 11.8 Å². The van der Waals surface area contributed by atoms with Crippen molar-refractivity contribution >= 4 is 17.6 Å². The molecule has 0 aromatic heterocycles. The summed E-state index contributed by atoms with van der Waals surface area (Å²) in [5, 5.41) is 20.4. The lowest BCUT2D eigenvalue weighted by atomic mass is 10.1. The molecule has 1 amide bonds. The lowest BCUT2D eigenvalue weighted by molar-refractivity contribution is -0.144. The number of carboxylic acids is 1. The second-order valence-electron chi connectivity index (χ2n) is 3.55. The van der Waals surface area contributed by atoms with Crippen LogP contribution in [0.1, 0.15) is 12.5 Å². The highest BCUT2D eigenvalue weighted by molar-refractivity contribution is 6.03. The van der Waals surface area contributed by atoms with Crippen LogP contribution in [-0.4, -0.2) is 22.1 Å². The number of aryl methyl sites for hydroxylation is 1. The van der Waals surface area contributed by atoms with Crippen molar-refractivity contribution in [2.75, 3.05) is 5.32 Å². The topological polar surface area (TPSA) is 86.6 Å². The van der Waals surface area contributed by atoms with Crippen LogP contribution in [0.3, 0.4) is 0 Å². The highest BCUT2D eigenvalue weighted by atomic mass is 16.4. The average Bonchev–Trinajstić information content (AvgIpc) is 2.22. The second kappa shape index (κ2) is 4.65. The number of anilines is 1. The van der Waals surface area contributed by atoms with Gasteiger partial charge in [-0.05, 0) is 25.5 Å². The number of carbonyl (C=O) groups excluding carboxylic acids is 1. The number of phenols is 1.